The van der Waals surface area contributed by atoms with Crippen molar-refractivity contribution in [2.75, 3.05) is 0 Å². The molecule has 148 valence electrons. The molecule has 0 atom stereocenters. The lowest BCUT2D eigenvalue weighted by atomic mass is 9.69. The van der Waals surface area contributed by atoms with Crippen LogP contribution in [0, 0.1) is 35.5 Å². The second kappa shape index (κ2) is 10.9. The quantitative estimate of drug-likeness (QED) is 0.357. The highest BCUT2D eigenvalue weighted by molar-refractivity contribution is 5.36. The standard InChI is InChI=1S/C27H40/c1-3-5-6-7-23-8-10-24(11-9-23)12-13-25-16-20-27(21-17-25)26-18-14-22(4-2)15-19-26/h8-11,22,25-27H,3-7,14-21H2,1-2H3. The van der Waals surface area contributed by atoms with Gasteiger partial charge in [-0.1, -0.05) is 69.9 Å². The molecule has 3 rings (SSSR count). The van der Waals surface area contributed by atoms with Crippen LogP contribution in [0.3, 0.4) is 0 Å². The molecule has 2 aliphatic carbocycles. The van der Waals surface area contributed by atoms with E-state index < -0.39 is 0 Å². The van der Waals surface area contributed by atoms with Crippen molar-refractivity contribution in [1.29, 1.82) is 0 Å². The van der Waals surface area contributed by atoms with E-state index in [1.165, 1.54) is 94.6 Å². The van der Waals surface area contributed by atoms with Crippen molar-refractivity contribution in [3.05, 3.63) is 35.4 Å². The maximum atomic E-state index is 3.60. The van der Waals surface area contributed by atoms with E-state index in [9.17, 15) is 0 Å². The lowest BCUT2D eigenvalue weighted by Gasteiger charge is -2.36. The van der Waals surface area contributed by atoms with Crippen LogP contribution in [0.2, 0.25) is 0 Å². The SMILES string of the molecule is CCCCCc1ccc(C#CC2CCC(C3CCC(CC)CC3)CC2)cc1. The van der Waals surface area contributed by atoms with Crippen LogP contribution >= 0.6 is 0 Å². The summed E-state index contributed by atoms with van der Waals surface area (Å²) in [5.74, 6) is 10.8. The van der Waals surface area contributed by atoms with E-state index in [2.05, 4.69) is 50.0 Å². The van der Waals surface area contributed by atoms with E-state index >= 15 is 0 Å². The first-order chi connectivity index (χ1) is 13.3. The molecule has 0 unspecified atom stereocenters. The van der Waals surface area contributed by atoms with Gasteiger partial charge in [-0.2, -0.15) is 0 Å². The molecular formula is C27H40. The Balaban J connectivity index is 1.42. The molecule has 2 saturated carbocycles. The lowest BCUT2D eigenvalue weighted by Crippen LogP contribution is -2.25. The molecule has 0 heterocycles. The van der Waals surface area contributed by atoms with Crippen molar-refractivity contribution in [2.45, 2.75) is 97.3 Å². The molecule has 1 aromatic carbocycles. The van der Waals surface area contributed by atoms with E-state index in [0.29, 0.717) is 5.92 Å². The van der Waals surface area contributed by atoms with Gasteiger partial charge in [0.05, 0.1) is 0 Å². The highest BCUT2D eigenvalue weighted by Crippen LogP contribution is 2.41. The van der Waals surface area contributed by atoms with E-state index in [1.807, 2.05) is 0 Å². The maximum Gasteiger partial charge on any atom is 0.0245 e. The summed E-state index contributed by atoms with van der Waals surface area (Å²) in [5, 5.41) is 0. The normalized spacial score (nSPS) is 28.4. The molecule has 1 aromatic rings. The van der Waals surface area contributed by atoms with Crippen molar-refractivity contribution in [1.82, 2.24) is 0 Å². The van der Waals surface area contributed by atoms with E-state index in [4.69, 9.17) is 0 Å². The summed E-state index contributed by atoms with van der Waals surface area (Å²) >= 11 is 0. The van der Waals surface area contributed by atoms with Crippen LogP contribution in [0.15, 0.2) is 24.3 Å². The molecule has 2 fully saturated rings. The summed E-state index contributed by atoms with van der Waals surface area (Å²) in [6.45, 7) is 4.64. The number of hydrogen-bond acceptors (Lipinski definition) is 0. The summed E-state index contributed by atoms with van der Waals surface area (Å²) in [6.07, 6.45) is 18.1. The van der Waals surface area contributed by atoms with E-state index in [1.54, 1.807) is 0 Å². The average Bonchev–Trinajstić information content (AvgIpc) is 2.74. The first kappa shape index (κ1) is 20.5. The van der Waals surface area contributed by atoms with Crippen molar-refractivity contribution >= 4 is 0 Å². The summed E-state index contributed by atoms with van der Waals surface area (Å²) in [7, 11) is 0. The largest absolute Gasteiger partial charge is 0.0945 e. The molecule has 0 amide bonds. The van der Waals surface area contributed by atoms with Gasteiger partial charge in [-0.15, -0.1) is 0 Å². The molecule has 0 bridgehead atoms. The van der Waals surface area contributed by atoms with Crippen LogP contribution in [0.1, 0.15) is 102 Å². The van der Waals surface area contributed by atoms with Gasteiger partial charge in [0.25, 0.3) is 0 Å². The topological polar surface area (TPSA) is 0 Å². The maximum absolute atomic E-state index is 3.60. The van der Waals surface area contributed by atoms with Crippen molar-refractivity contribution in [2.24, 2.45) is 23.7 Å². The molecule has 0 heteroatoms. The Labute approximate surface area is 168 Å². The predicted octanol–water partition coefficient (Wildman–Crippen LogP) is 7.79. The third-order valence-electron chi connectivity index (χ3n) is 7.35. The first-order valence-corrected chi connectivity index (χ1v) is 11.9. The summed E-state index contributed by atoms with van der Waals surface area (Å²) < 4.78 is 0. The molecule has 0 nitrogen and oxygen atoms in total. The second-order valence-corrected chi connectivity index (χ2v) is 9.22. The average molecular weight is 365 g/mol. The summed E-state index contributed by atoms with van der Waals surface area (Å²) in [6, 6.07) is 9.02. The van der Waals surface area contributed by atoms with Crippen LogP contribution in [0.4, 0.5) is 0 Å². The molecule has 0 saturated heterocycles. The zero-order chi connectivity index (χ0) is 18.9. The predicted molar refractivity (Wildman–Crippen MR) is 118 cm³/mol. The highest BCUT2D eigenvalue weighted by Gasteiger charge is 2.29. The minimum absolute atomic E-state index is 0.637. The number of rotatable bonds is 6. The van der Waals surface area contributed by atoms with Crippen molar-refractivity contribution < 1.29 is 0 Å². The van der Waals surface area contributed by atoms with Crippen LogP contribution in [-0.2, 0) is 6.42 Å². The number of hydrogen-bond donors (Lipinski definition) is 0. The van der Waals surface area contributed by atoms with E-state index in [0.717, 1.165) is 17.8 Å². The first-order valence-electron chi connectivity index (χ1n) is 11.9. The monoisotopic (exact) mass is 364 g/mol. The fourth-order valence-electron chi connectivity index (χ4n) is 5.32. The van der Waals surface area contributed by atoms with Gasteiger partial charge in [0, 0.05) is 11.5 Å². The van der Waals surface area contributed by atoms with Crippen LogP contribution in [-0.4, -0.2) is 0 Å². The van der Waals surface area contributed by atoms with E-state index in [-0.39, 0.29) is 0 Å². The highest BCUT2D eigenvalue weighted by atomic mass is 14.3. The molecule has 0 N–H and O–H groups in total. The number of unbranched alkanes of at least 4 members (excludes halogenated alkanes) is 2. The zero-order valence-corrected chi connectivity index (χ0v) is 17.8. The van der Waals surface area contributed by atoms with Gasteiger partial charge in [0.2, 0.25) is 0 Å². The Morgan fingerprint density at radius 2 is 1.41 bits per heavy atom. The van der Waals surface area contributed by atoms with Crippen molar-refractivity contribution in [3.8, 4) is 11.8 Å². The molecule has 0 spiro atoms. The van der Waals surface area contributed by atoms with Gasteiger partial charge in [0.15, 0.2) is 0 Å². The number of benzene rings is 1. The minimum atomic E-state index is 0.637. The lowest BCUT2D eigenvalue weighted by molar-refractivity contribution is 0.156. The smallest absolute Gasteiger partial charge is 0.0245 e. The molecule has 0 radical (unpaired) electrons. The molecular weight excluding hydrogens is 324 g/mol. The molecule has 0 aliphatic heterocycles. The Bertz CT molecular complexity index is 583. The van der Waals surface area contributed by atoms with Gasteiger partial charge in [-0.3, -0.25) is 0 Å². The van der Waals surface area contributed by atoms with Crippen LogP contribution in [0.5, 0.6) is 0 Å². The second-order valence-electron chi connectivity index (χ2n) is 9.22. The fourth-order valence-corrected chi connectivity index (χ4v) is 5.32. The molecule has 27 heavy (non-hydrogen) atoms. The fraction of sp³-hybridized carbons (Fsp3) is 0.704. The summed E-state index contributed by atoms with van der Waals surface area (Å²) in [5.41, 5.74) is 2.67. The summed E-state index contributed by atoms with van der Waals surface area (Å²) in [4.78, 5) is 0. The van der Waals surface area contributed by atoms with Crippen LogP contribution in [0.25, 0.3) is 0 Å². The molecule has 2 aliphatic rings. The third kappa shape index (κ3) is 6.41. The zero-order valence-electron chi connectivity index (χ0n) is 17.8. The van der Waals surface area contributed by atoms with Gasteiger partial charge >= 0.3 is 0 Å². The van der Waals surface area contributed by atoms with Crippen LogP contribution < -0.4 is 0 Å². The Morgan fingerprint density at radius 3 is 2.00 bits per heavy atom. The Kier molecular flexibility index (Phi) is 8.32. The Morgan fingerprint density at radius 1 is 0.778 bits per heavy atom. The number of aryl methyl sites for hydroxylation is 1. The molecule has 0 aromatic heterocycles. The van der Waals surface area contributed by atoms with Gasteiger partial charge in [-0.25, -0.2) is 0 Å². The minimum Gasteiger partial charge on any atom is -0.0945 e. The van der Waals surface area contributed by atoms with Gasteiger partial charge < -0.3 is 0 Å². The van der Waals surface area contributed by atoms with Gasteiger partial charge in [-0.05, 0) is 86.8 Å². The Hall–Kier alpha value is -1.22. The van der Waals surface area contributed by atoms with Crippen molar-refractivity contribution in [3.63, 3.8) is 0 Å². The van der Waals surface area contributed by atoms with Gasteiger partial charge in [0.1, 0.15) is 0 Å². The third-order valence-corrected chi connectivity index (χ3v) is 7.35.